The van der Waals surface area contributed by atoms with Gasteiger partial charge in [-0.3, -0.25) is 0 Å². The second kappa shape index (κ2) is 6.19. The van der Waals surface area contributed by atoms with Gasteiger partial charge >= 0.3 is 0 Å². The number of ether oxygens (including phenoxy) is 2. The fourth-order valence-electron chi connectivity index (χ4n) is 1.87. The Kier molecular flexibility index (Phi) is 4.35. The predicted octanol–water partition coefficient (Wildman–Crippen LogP) is 1.34. The van der Waals surface area contributed by atoms with E-state index >= 15 is 0 Å². The summed E-state index contributed by atoms with van der Waals surface area (Å²) in [6.45, 7) is 0.723. The molecule has 2 aromatic rings. The minimum Gasteiger partial charge on any atom is -0.497 e. The molecule has 0 radical (unpaired) electrons. The summed E-state index contributed by atoms with van der Waals surface area (Å²) in [7, 11) is 3.24. The molecular formula is C13H17N3O3. The van der Waals surface area contributed by atoms with Crippen LogP contribution >= 0.6 is 0 Å². The van der Waals surface area contributed by atoms with Crippen molar-refractivity contribution in [3.8, 4) is 22.8 Å². The van der Waals surface area contributed by atoms with Gasteiger partial charge in [-0.25, -0.2) is 4.68 Å². The maximum Gasteiger partial charge on any atom is 0.128 e. The summed E-state index contributed by atoms with van der Waals surface area (Å²) in [6, 6.07) is 5.56. The van der Waals surface area contributed by atoms with E-state index in [1.165, 1.54) is 0 Å². The molecule has 0 aliphatic carbocycles. The van der Waals surface area contributed by atoms with Crippen LogP contribution in [0.2, 0.25) is 0 Å². The molecule has 0 saturated carbocycles. The zero-order chi connectivity index (χ0) is 13.7. The minimum atomic E-state index is 0.120. The first-order valence-electron chi connectivity index (χ1n) is 6.02. The Morgan fingerprint density at radius 1 is 1.26 bits per heavy atom. The minimum absolute atomic E-state index is 0.120. The molecule has 0 aliphatic heterocycles. The molecule has 6 nitrogen and oxygen atoms in total. The fourth-order valence-corrected chi connectivity index (χ4v) is 1.87. The molecule has 19 heavy (non-hydrogen) atoms. The number of hydrogen-bond donors (Lipinski definition) is 1. The van der Waals surface area contributed by atoms with Crippen LogP contribution < -0.4 is 9.47 Å². The quantitative estimate of drug-likeness (QED) is 0.851. The third-order valence-corrected chi connectivity index (χ3v) is 2.83. The molecule has 1 heterocycles. The molecule has 0 spiro atoms. The average Bonchev–Trinajstić information content (AvgIpc) is 2.92. The molecule has 0 fully saturated rings. The lowest BCUT2D eigenvalue weighted by molar-refractivity contribution is 0.276. The van der Waals surface area contributed by atoms with Crippen molar-refractivity contribution in [1.82, 2.24) is 15.0 Å². The molecule has 0 unspecified atom stereocenters. The molecule has 0 aliphatic rings. The Labute approximate surface area is 111 Å². The van der Waals surface area contributed by atoms with Crippen LogP contribution in [0.1, 0.15) is 6.42 Å². The summed E-state index contributed by atoms with van der Waals surface area (Å²) in [4.78, 5) is 0. The summed E-state index contributed by atoms with van der Waals surface area (Å²) >= 11 is 0. The van der Waals surface area contributed by atoms with Gasteiger partial charge in [0.15, 0.2) is 0 Å². The highest BCUT2D eigenvalue weighted by Crippen LogP contribution is 2.32. The van der Waals surface area contributed by atoms with Crippen molar-refractivity contribution in [2.24, 2.45) is 0 Å². The van der Waals surface area contributed by atoms with Crippen molar-refractivity contribution in [1.29, 1.82) is 0 Å². The van der Waals surface area contributed by atoms with E-state index in [1.807, 2.05) is 18.2 Å². The number of aliphatic hydroxyl groups is 1. The fraction of sp³-hybridized carbons (Fsp3) is 0.385. The maximum atomic E-state index is 8.90. The number of rotatable bonds is 6. The lowest BCUT2D eigenvalue weighted by Crippen LogP contribution is -2.05. The van der Waals surface area contributed by atoms with Gasteiger partial charge in [-0.2, -0.15) is 0 Å². The highest BCUT2D eigenvalue weighted by Gasteiger charge is 2.13. The number of aromatic nitrogens is 3. The van der Waals surface area contributed by atoms with Crippen LogP contribution in [-0.2, 0) is 6.54 Å². The summed E-state index contributed by atoms with van der Waals surface area (Å²) in [6.07, 6.45) is 2.30. The number of hydrogen-bond acceptors (Lipinski definition) is 5. The molecule has 1 N–H and O–H groups in total. The summed E-state index contributed by atoms with van der Waals surface area (Å²) in [5.41, 5.74) is 1.70. The van der Waals surface area contributed by atoms with Gasteiger partial charge < -0.3 is 14.6 Å². The lowest BCUT2D eigenvalue weighted by atomic mass is 10.1. The Morgan fingerprint density at radius 3 is 2.79 bits per heavy atom. The molecule has 2 rings (SSSR count). The zero-order valence-electron chi connectivity index (χ0n) is 11.0. The topological polar surface area (TPSA) is 69.4 Å². The first kappa shape index (κ1) is 13.4. The standard InChI is InChI=1S/C13H17N3O3/c1-18-10-4-5-13(19-2)11(8-10)12-9-14-15-16(12)6-3-7-17/h4-5,8-9,17H,3,6-7H2,1-2H3. The Hall–Kier alpha value is -2.08. The van der Waals surface area contributed by atoms with Crippen molar-refractivity contribution in [3.05, 3.63) is 24.4 Å². The summed E-state index contributed by atoms with van der Waals surface area (Å²) in [5, 5.41) is 16.8. The lowest BCUT2D eigenvalue weighted by Gasteiger charge is -2.11. The molecule has 1 aromatic carbocycles. The van der Waals surface area contributed by atoms with Gasteiger partial charge in [-0.05, 0) is 24.6 Å². The molecule has 0 saturated heterocycles. The third-order valence-electron chi connectivity index (χ3n) is 2.83. The van der Waals surface area contributed by atoms with Crippen molar-refractivity contribution in [3.63, 3.8) is 0 Å². The van der Waals surface area contributed by atoms with E-state index in [0.29, 0.717) is 13.0 Å². The Morgan fingerprint density at radius 2 is 2.11 bits per heavy atom. The molecular weight excluding hydrogens is 246 g/mol. The van der Waals surface area contributed by atoms with Crippen molar-refractivity contribution < 1.29 is 14.6 Å². The zero-order valence-corrected chi connectivity index (χ0v) is 11.0. The Balaban J connectivity index is 2.42. The van der Waals surface area contributed by atoms with Crippen LogP contribution in [0.15, 0.2) is 24.4 Å². The molecule has 102 valence electrons. The van der Waals surface area contributed by atoms with E-state index in [0.717, 1.165) is 22.8 Å². The first-order valence-corrected chi connectivity index (χ1v) is 6.02. The van der Waals surface area contributed by atoms with Crippen LogP contribution in [0.4, 0.5) is 0 Å². The molecule has 0 amide bonds. The van der Waals surface area contributed by atoms with Gasteiger partial charge in [0.1, 0.15) is 11.5 Å². The predicted molar refractivity (Wildman–Crippen MR) is 70.3 cm³/mol. The Bertz CT molecular complexity index is 540. The van der Waals surface area contributed by atoms with Gasteiger partial charge in [-0.1, -0.05) is 5.21 Å². The second-order valence-electron chi connectivity index (χ2n) is 3.99. The van der Waals surface area contributed by atoms with Gasteiger partial charge in [0.05, 0.1) is 26.1 Å². The van der Waals surface area contributed by atoms with Crippen LogP contribution in [0.25, 0.3) is 11.3 Å². The number of aliphatic hydroxyl groups excluding tert-OH is 1. The summed E-state index contributed by atoms with van der Waals surface area (Å²) in [5.74, 6) is 1.47. The number of nitrogens with zero attached hydrogens (tertiary/aromatic N) is 3. The van der Waals surface area contributed by atoms with E-state index in [9.17, 15) is 0 Å². The second-order valence-corrected chi connectivity index (χ2v) is 3.99. The molecule has 1 aromatic heterocycles. The van der Waals surface area contributed by atoms with Crippen LogP contribution in [0.3, 0.4) is 0 Å². The highest BCUT2D eigenvalue weighted by molar-refractivity contribution is 5.68. The van der Waals surface area contributed by atoms with Crippen LogP contribution in [0.5, 0.6) is 11.5 Å². The number of aryl methyl sites for hydroxylation is 1. The highest BCUT2D eigenvalue weighted by atomic mass is 16.5. The third kappa shape index (κ3) is 2.85. The number of methoxy groups -OCH3 is 2. The smallest absolute Gasteiger partial charge is 0.128 e. The SMILES string of the molecule is COc1ccc(OC)c(-c2cnnn2CCCO)c1. The van der Waals surface area contributed by atoms with E-state index in [-0.39, 0.29) is 6.61 Å². The van der Waals surface area contributed by atoms with E-state index in [2.05, 4.69) is 10.3 Å². The van der Waals surface area contributed by atoms with E-state index in [1.54, 1.807) is 25.1 Å². The van der Waals surface area contributed by atoms with Crippen molar-refractivity contribution in [2.45, 2.75) is 13.0 Å². The van der Waals surface area contributed by atoms with Gasteiger partial charge in [0, 0.05) is 18.7 Å². The first-order chi connectivity index (χ1) is 9.30. The average molecular weight is 263 g/mol. The normalized spacial score (nSPS) is 10.5. The van der Waals surface area contributed by atoms with Gasteiger partial charge in [0.25, 0.3) is 0 Å². The molecule has 0 bridgehead atoms. The van der Waals surface area contributed by atoms with E-state index < -0.39 is 0 Å². The van der Waals surface area contributed by atoms with Crippen molar-refractivity contribution in [2.75, 3.05) is 20.8 Å². The van der Waals surface area contributed by atoms with Crippen LogP contribution in [0, 0.1) is 0 Å². The molecule has 0 atom stereocenters. The summed E-state index contributed by atoms with van der Waals surface area (Å²) < 4.78 is 12.3. The van der Waals surface area contributed by atoms with Gasteiger partial charge in [-0.15, -0.1) is 5.10 Å². The van der Waals surface area contributed by atoms with Crippen molar-refractivity contribution >= 4 is 0 Å². The number of benzene rings is 1. The maximum absolute atomic E-state index is 8.90. The van der Waals surface area contributed by atoms with Crippen LogP contribution in [-0.4, -0.2) is 40.9 Å². The molecule has 6 heteroatoms. The van der Waals surface area contributed by atoms with Gasteiger partial charge in [0.2, 0.25) is 0 Å². The monoisotopic (exact) mass is 263 g/mol. The largest absolute Gasteiger partial charge is 0.497 e. The van der Waals surface area contributed by atoms with E-state index in [4.69, 9.17) is 14.6 Å².